The number of aromatic nitrogens is 3. The van der Waals surface area contributed by atoms with Crippen LogP contribution in [0.25, 0.3) is 0 Å². The molecule has 5 heteroatoms. The smallest absolute Gasteiger partial charge is 0.230 e. The van der Waals surface area contributed by atoms with Gasteiger partial charge in [-0.25, -0.2) is 0 Å². The van der Waals surface area contributed by atoms with Gasteiger partial charge in [-0.15, -0.1) is 0 Å². The van der Waals surface area contributed by atoms with Gasteiger partial charge in [-0.05, 0) is 41.4 Å². The summed E-state index contributed by atoms with van der Waals surface area (Å²) in [5, 5.41) is 4.13. The second-order valence-corrected chi connectivity index (χ2v) is 4.51. The van der Waals surface area contributed by atoms with Crippen LogP contribution in [0.15, 0.2) is 29.0 Å². The first kappa shape index (κ1) is 12.0. The molecule has 0 radical (unpaired) electrons. The van der Waals surface area contributed by atoms with E-state index in [2.05, 4.69) is 26.0 Å². The lowest BCUT2D eigenvalue weighted by molar-refractivity contribution is 0.102. The second kappa shape index (κ2) is 4.79. The minimum absolute atomic E-state index is 0.102. The van der Waals surface area contributed by atoms with E-state index < -0.39 is 0 Å². The van der Waals surface area contributed by atoms with Crippen LogP contribution in [0.2, 0.25) is 0 Å². The van der Waals surface area contributed by atoms with Crippen molar-refractivity contribution in [2.24, 2.45) is 0 Å². The predicted octanol–water partition coefficient (Wildman–Crippen LogP) is 2.60. The highest BCUT2D eigenvalue weighted by Gasteiger charge is 2.20. The van der Waals surface area contributed by atoms with Crippen molar-refractivity contribution in [2.75, 3.05) is 0 Å². The van der Waals surface area contributed by atoms with Crippen LogP contribution in [0, 0.1) is 6.92 Å². The molecule has 2 heterocycles. The molecule has 0 fully saturated rings. The summed E-state index contributed by atoms with van der Waals surface area (Å²) < 4.78 is 2.37. The molecule has 2 aromatic heterocycles. The van der Waals surface area contributed by atoms with E-state index in [1.807, 2.05) is 26.0 Å². The summed E-state index contributed by atoms with van der Waals surface area (Å²) >= 11 is 3.35. The topological polar surface area (TPSA) is 47.8 Å². The zero-order valence-corrected chi connectivity index (χ0v) is 11.2. The molecule has 2 rings (SSSR count). The number of halogens is 1. The van der Waals surface area contributed by atoms with E-state index in [1.165, 1.54) is 0 Å². The average Bonchev–Trinajstić information content (AvgIpc) is 2.70. The normalized spacial score (nSPS) is 10.5. The van der Waals surface area contributed by atoms with Crippen molar-refractivity contribution < 1.29 is 4.79 Å². The SMILES string of the molecule is CCn1ncc(Br)c1C(=O)c1ncccc1C. The third kappa shape index (κ3) is 2.15. The number of hydrogen-bond acceptors (Lipinski definition) is 3. The Morgan fingerprint density at radius 3 is 2.94 bits per heavy atom. The molecule has 0 bridgehead atoms. The monoisotopic (exact) mass is 293 g/mol. The van der Waals surface area contributed by atoms with Gasteiger partial charge < -0.3 is 0 Å². The molecule has 0 aliphatic rings. The maximum absolute atomic E-state index is 12.4. The fourth-order valence-corrected chi connectivity index (χ4v) is 2.14. The van der Waals surface area contributed by atoms with Crippen LogP contribution < -0.4 is 0 Å². The summed E-state index contributed by atoms with van der Waals surface area (Å²) in [6.45, 7) is 4.47. The van der Waals surface area contributed by atoms with Crippen LogP contribution in [-0.4, -0.2) is 20.5 Å². The highest BCUT2D eigenvalue weighted by molar-refractivity contribution is 9.10. The molecule has 0 aliphatic heterocycles. The molecule has 0 N–H and O–H groups in total. The van der Waals surface area contributed by atoms with E-state index >= 15 is 0 Å². The number of rotatable bonds is 3. The zero-order valence-electron chi connectivity index (χ0n) is 9.64. The number of ketones is 1. The van der Waals surface area contributed by atoms with Gasteiger partial charge in [0.2, 0.25) is 5.78 Å². The van der Waals surface area contributed by atoms with Gasteiger partial charge in [0.05, 0.1) is 10.7 Å². The third-order valence-electron chi connectivity index (χ3n) is 2.53. The molecule has 17 heavy (non-hydrogen) atoms. The molecular formula is C12H12BrN3O. The zero-order chi connectivity index (χ0) is 12.4. The van der Waals surface area contributed by atoms with Gasteiger partial charge in [-0.1, -0.05) is 6.07 Å². The molecule has 0 aliphatic carbocycles. The largest absolute Gasteiger partial charge is 0.285 e. The van der Waals surface area contributed by atoms with Crippen LogP contribution >= 0.6 is 15.9 Å². The van der Waals surface area contributed by atoms with Gasteiger partial charge >= 0.3 is 0 Å². The summed E-state index contributed by atoms with van der Waals surface area (Å²) in [5.41, 5.74) is 1.89. The molecule has 0 spiro atoms. The molecule has 0 atom stereocenters. The Kier molecular flexibility index (Phi) is 3.38. The van der Waals surface area contributed by atoms with Crippen LogP contribution in [0.3, 0.4) is 0 Å². The number of carbonyl (C=O) groups excluding carboxylic acids is 1. The molecule has 0 aromatic carbocycles. The number of hydrogen-bond donors (Lipinski definition) is 0. The Labute approximate surface area is 108 Å². The van der Waals surface area contributed by atoms with E-state index in [1.54, 1.807) is 17.1 Å². The lowest BCUT2D eigenvalue weighted by Crippen LogP contribution is -2.13. The molecule has 0 saturated carbocycles. The Morgan fingerprint density at radius 2 is 2.29 bits per heavy atom. The molecule has 88 valence electrons. The Morgan fingerprint density at radius 1 is 1.53 bits per heavy atom. The second-order valence-electron chi connectivity index (χ2n) is 3.65. The van der Waals surface area contributed by atoms with Crippen molar-refractivity contribution in [3.05, 3.63) is 46.0 Å². The predicted molar refractivity (Wildman–Crippen MR) is 68.0 cm³/mol. The van der Waals surface area contributed by atoms with Crippen molar-refractivity contribution in [1.29, 1.82) is 0 Å². The maximum atomic E-state index is 12.4. The Hall–Kier alpha value is -1.49. The van der Waals surface area contributed by atoms with Gasteiger partial charge in [0.1, 0.15) is 11.4 Å². The molecule has 0 amide bonds. The lowest BCUT2D eigenvalue weighted by atomic mass is 10.1. The van der Waals surface area contributed by atoms with Crippen LogP contribution in [-0.2, 0) is 6.54 Å². The first-order valence-corrected chi connectivity index (χ1v) is 6.12. The fourth-order valence-electron chi connectivity index (χ4n) is 1.66. The highest BCUT2D eigenvalue weighted by atomic mass is 79.9. The third-order valence-corrected chi connectivity index (χ3v) is 3.11. The quantitative estimate of drug-likeness (QED) is 0.817. The van der Waals surface area contributed by atoms with Gasteiger partial charge in [-0.2, -0.15) is 5.10 Å². The Balaban J connectivity index is 2.51. The van der Waals surface area contributed by atoms with Gasteiger partial charge in [-0.3, -0.25) is 14.5 Å². The maximum Gasteiger partial charge on any atom is 0.230 e. The minimum Gasteiger partial charge on any atom is -0.285 e. The molecular weight excluding hydrogens is 282 g/mol. The lowest BCUT2D eigenvalue weighted by Gasteiger charge is -2.06. The number of carbonyl (C=O) groups is 1. The Bertz CT molecular complexity index is 563. The summed E-state index contributed by atoms with van der Waals surface area (Å²) in [5.74, 6) is -0.102. The van der Waals surface area contributed by atoms with Crippen molar-refractivity contribution in [3.8, 4) is 0 Å². The van der Waals surface area contributed by atoms with Crippen molar-refractivity contribution >= 4 is 21.7 Å². The van der Waals surface area contributed by atoms with Crippen molar-refractivity contribution in [1.82, 2.24) is 14.8 Å². The van der Waals surface area contributed by atoms with E-state index in [0.717, 1.165) is 5.56 Å². The van der Waals surface area contributed by atoms with Gasteiger partial charge in [0, 0.05) is 12.7 Å². The van der Waals surface area contributed by atoms with Gasteiger partial charge in [0.15, 0.2) is 0 Å². The van der Waals surface area contributed by atoms with Gasteiger partial charge in [0.25, 0.3) is 0 Å². The van der Waals surface area contributed by atoms with E-state index in [0.29, 0.717) is 22.4 Å². The summed E-state index contributed by atoms with van der Waals surface area (Å²) in [6, 6.07) is 3.69. The van der Waals surface area contributed by atoms with Crippen molar-refractivity contribution in [3.63, 3.8) is 0 Å². The first-order valence-electron chi connectivity index (χ1n) is 5.32. The van der Waals surface area contributed by atoms with Crippen LogP contribution in [0.5, 0.6) is 0 Å². The van der Waals surface area contributed by atoms with Crippen LogP contribution in [0.4, 0.5) is 0 Å². The number of pyridine rings is 1. The molecule has 0 unspecified atom stereocenters. The summed E-state index contributed by atoms with van der Waals surface area (Å²) in [6.07, 6.45) is 3.26. The fraction of sp³-hybridized carbons (Fsp3) is 0.250. The number of aryl methyl sites for hydroxylation is 2. The summed E-state index contributed by atoms with van der Waals surface area (Å²) in [7, 11) is 0. The highest BCUT2D eigenvalue weighted by Crippen LogP contribution is 2.20. The summed E-state index contributed by atoms with van der Waals surface area (Å²) in [4.78, 5) is 16.5. The molecule has 4 nitrogen and oxygen atoms in total. The first-order chi connectivity index (χ1) is 8.15. The van der Waals surface area contributed by atoms with Crippen LogP contribution in [0.1, 0.15) is 28.7 Å². The van der Waals surface area contributed by atoms with E-state index in [9.17, 15) is 4.79 Å². The molecule has 0 saturated heterocycles. The average molecular weight is 294 g/mol. The van der Waals surface area contributed by atoms with Crippen molar-refractivity contribution in [2.45, 2.75) is 20.4 Å². The molecule has 2 aromatic rings. The van der Waals surface area contributed by atoms with E-state index in [-0.39, 0.29) is 5.78 Å². The van der Waals surface area contributed by atoms with E-state index in [4.69, 9.17) is 0 Å². The minimum atomic E-state index is -0.102. The standard InChI is InChI=1S/C12H12BrN3O/c1-3-16-11(9(13)7-15-16)12(17)10-8(2)5-4-6-14-10/h4-7H,3H2,1-2H3. The number of nitrogens with zero attached hydrogens (tertiary/aromatic N) is 3.